The summed E-state index contributed by atoms with van der Waals surface area (Å²) < 4.78 is 31.4. The van der Waals surface area contributed by atoms with Crippen LogP contribution in [0.15, 0.2) is 24.5 Å². The minimum Gasteiger partial charge on any atom is -0.315 e. The van der Waals surface area contributed by atoms with Crippen LogP contribution in [0, 0.1) is 5.41 Å². The Hall–Kier alpha value is -1.03. The maximum atomic E-state index is 13.4. The van der Waals surface area contributed by atoms with Gasteiger partial charge in [-0.25, -0.2) is 0 Å². The molecule has 0 aliphatic heterocycles. The fourth-order valence-corrected chi connectivity index (χ4v) is 0.869. The summed E-state index contributed by atoms with van der Waals surface area (Å²) in [7, 11) is 0. The number of rotatable bonds is 3. The third kappa shape index (κ3) is 3.23. The smallest absolute Gasteiger partial charge is 0.315 e. The van der Waals surface area contributed by atoms with Crippen LogP contribution in [0.4, 0.5) is 8.78 Å². The average Bonchev–Trinajstić information content (AvgIpc) is 2.15. The largest absolute Gasteiger partial charge is 0.360 e. The van der Waals surface area contributed by atoms with E-state index in [1.807, 2.05) is 0 Å². The molecule has 0 saturated heterocycles. The molecule has 0 aliphatic carbocycles. The zero-order chi connectivity index (χ0) is 11.5. The van der Waals surface area contributed by atoms with Crippen LogP contribution in [-0.4, -0.2) is 11.1 Å². The van der Waals surface area contributed by atoms with Crippen LogP contribution in [0.3, 0.4) is 0 Å². The van der Waals surface area contributed by atoms with E-state index in [2.05, 4.69) is 9.72 Å². The lowest BCUT2D eigenvalue weighted by atomic mass is 9.95. The summed E-state index contributed by atoms with van der Waals surface area (Å²) in [5.41, 5.74) is -0.506. The molecule has 1 aromatic heterocycles. The molecule has 0 amide bonds. The van der Waals surface area contributed by atoms with E-state index in [1.54, 1.807) is 24.5 Å². The summed E-state index contributed by atoms with van der Waals surface area (Å²) >= 11 is 0. The van der Waals surface area contributed by atoms with Gasteiger partial charge in [0.25, 0.3) is 0 Å². The number of ether oxygens (including phenoxy) is 1. The van der Waals surface area contributed by atoms with Gasteiger partial charge in [-0.3, -0.25) is 4.98 Å². The molecule has 15 heavy (non-hydrogen) atoms. The number of pyridine rings is 1. The van der Waals surface area contributed by atoms with E-state index in [-0.39, 0.29) is 6.61 Å². The van der Waals surface area contributed by atoms with Crippen LogP contribution in [0.2, 0.25) is 0 Å². The second-order valence-corrected chi connectivity index (χ2v) is 4.41. The van der Waals surface area contributed by atoms with E-state index in [9.17, 15) is 8.78 Å². The van der Waals surface area contributed by atoms with Crippen molar-refractivity contribution in [2.45, 2.75) is 33.5 Å². The number of aromatic nitrogens is 1. The molecule has 2 nitrogen and oxygen atoms in total. The quantitative estimate of drug-likeness (QED) is 0.772. The van der Waals surface area contributed by atoms with E-state index in [0.717, 1.165) is 0 Å². The highest BCUT2D eigenvalue weighted by Gasteiger charge is 2.44. The molecule has 0 unspecified atom stereocenters. The highest BCUT2D eigenvalue weighted by molar-refractivity contribution is 5.08. The Labute approximate surface area is 88.3 Å². The maximum absolute atomic E-state index is 13.4. The van der Waals surface area contributed by atoms with E-state index in [1.165, 1.54) is 20.8 Å². The van der Waals surface area contributed by atoms with Gasteiger partial charge in [0.05, 0.1) is 12.0 Å². The Morgan fingerprint density at radius 3 is 2.20 bits per heavy atom. The van der Waals surface area contributed by atoms with Gasteiger partial charge in [0, 0.05) is 12.4 Å². The first-order valence-electron chi connectivity index (χ1n) is 4.73. The van der Waals surface area contributed by atoms with Crippen molar-refractivity contribution in [2.24, 2.45) is 5.41 Å². The van der Waals surface area contributed by atoms with Gasteiger partial charge in [-0.1, -0.05) is 20.8 Å². The molecule has 1 rings (SSSR count). The second-order valence-electron chi connectivity index (χ2n) is 4.41. The molecule has 1 aromatic rings. The summed E-state index contributed by atoms with van der Waals surface area (Å²) in [5, 5.41) is 0. The molecule has 0 saturated carbocycles. The van der Waals surface area contributed by atoms with Gasteiger partial charge in [-0.15, -0.1) is 0 Å². The van der Waals surface area contributed by atoms with Crippen LogP contribution in [0.25, 0.3) is 0 Å². The van der Waals surface area contributed by atoms with Crippen LogP contribution < -0.4 is 0 Å². The van der Waals surface area contributed by atoms with Crippen molar-refractivity contribution in [3.63, 3.8) is 0 Å². The van der Waals surface area contributed by atoms with Crippen molar-refractivity contribution >= 4 is 0 Å². The fourth-order valence-electron chi connectivity index (χ4n) is 0.869. The molecule has 0 aliphatic rings. The lowest BCUT2D eigenvalue weighted by Crippen LogP contribution is -2.36. The summed E-state index contributed by atoms with van der Waals surface area (Å²) in [6.45, 7) is 4.23. The van der Waals surface area contributed by atoms with Crippen LogP contribution >= 0.6 is 0 Å². The Morgan fingerprint density at radius 2 is 1.73 bits per heavy atom. The van der Waals surface area contributed by atoms with Gasteiger partial charge in [0.15, 0.2) is 0 Å². The molecular formula is C11H15F2NO. The average molecular weight is 215 g/mol. The van der Waals surface area contributed by atoms with Crippen molar-refractivity contribution < 1.29 is 13.5 Å². The number of nitrogens with zero attached hydrogens (tertiary/aromatic N) is 1. The first-order chi connectivity index (χ1) is 6.83. The molecular weight excluding hydrogens is 200 g/mol. The molecule has 0 aromatic carbocycles. The number of halogens is 2. The normalized spacial score (nSPS) is 12.9. The minimum absolute atomic E-state index is 0.104. The van der Waals surface area contributed by atoms with Gasteiger partial charge in [-0.05, 0) is 17.7 Å². The highest BCUT2D eigenvalue weighted by Crippen LogP contribution is 2.37. The molecule has 4 heteroatoms. The monoisotopic (exact) mass is 215 g/mol. The van der Waals surface area contributed by atoms with E-state index < -0.39 is 11.5 Å². The third-order valence-corrected chi connectivity index (χ3v) is 2.04. The van der Waals surface area contributed by atoms with Gasteiger partial charge < -0.3 is 4.74 Å². The van der Waals surface area contributed by atoms with Gasteiger partial charge >= 0.3 is 6.11 Å². The minimum atomic E-state index is -3.13. The molecule has 0 fully saturated rings. The summed E-state index contributed by atoms with van der Waals surface area (Å²) in [4.78, 5) is 3.80. The Morgan fingerprint density at radius 1 is 1.20 bits per heavy atom. The maximum Gasteiger partial charge on any atom is 0.360 e. The van der Waals surface area contributed by atoms with E-state index in [4.69, 9.17) is 0 Å². The third-order valence-electron chi connectivity index (χ3n) is 2.04. The van der Waals surface area contributed by atoms with Gasteiger partial charge in [0.1, 0.15) is 0 Å². The van der Waals surface area contributed by atoms with Gasteiger partial charge in [0.2, 0.25) is 0 Å². The summed E-state index contributed by atoms with van der Waals surface area (Å²) in [6, 6.07) is 3.30. The number of alkyl halides is 2. The van der Waals surface area contributed by atoms with Crippen LogP contribution in [-0.2, 0) is 11.3 Å². The first-order valence-corrected chi connectivity index (χ1v) is 4.73. The topological polar surface area (TPSA) is 22.1 Å². The fraction of sp³-hybridized carbons (Fsp3) is 0.545. The first kappa shape index (κ1) is 12.0. The lowest BCUT2D eigenvalue weighted by molar-refractivity contribution is -0.300. The summed E-state index contributed by atoms with van der Waals surface area (Å²) in [6.07, 6.45) is -0.0296. The Kier molecular flexibility index (Phi) is 3.39. The van der Waals surface area contributed by atoms with E-state index >= 15 is 0 Å². The van der Waals surface area contributed by atoms with E-state index in [0.29, 0.717) is 5.56 Å². The zero-order valence-electron chi connectivity index (χ0n) is 9.13. The van der Waals surface area contributed by atoms with Crippen LogP contribution in [0.1, 0.15) is 26.3 Å². The van der Waals surface area contributed by atoms with Crippen molar-refractivity contribution in [1.82, 2.24) is 4.98 Å². The SMILES string of the molecule is CC(C)(C)C(F)(F)OCc1ccncc1. The second kappa shape index (κ2) is 4.23. The van der Waals surface area contributed by atoms with Crippen molar-refractivity contribution in [3.8, 4) is 0 Å². The molecule has 0 spiro atoms. The molecule has 0 radical (unpaired) electrons. The van der Waals surface area contributed by atoms with Crippen LogP contribution in [0.5, 0.6) is 0 Å². The Balaban J connectivity index is 2.58. The summed E-state index contributed by atoms with van der Waals surface area (Å²) in [5.74, 6) is 0. The number of hydrogen-bond donors (Lipinski definition) is 0. The Bertz CT molecular complexity index is 306. The standard InChI is InChI=1S/C11H15F2NO/c1-10(2,3)11(12,13)15-8-9-4-6-14-7-5-9/h4-7H,8H2,1-3H3. The van der Waals surface area contributed by atoms with Gasteiger partial charge in [-0.2, -0.15) is 8.78 Å². The molecule has 1 heterocycles. The zero-order valence-corrected chi connectivity index (χ0v) is 9.13. The number of hydrogen-bond acceptors (Lipinski definition) is 2. The van der Waals surface area contributed by atoms with Crippen molar-refractivity contribution in [3.05, 3.63) is 30.1 Å². The molecule has 0 N–H and O–H groups in total. The predicted octanol–water partition coefficient (Wildman–Crippen LogP) is 3.24. The lowest BCUT2D eigenvalue weighted by Gasteiger charge is -2.29. The van der Waals surface area contributed by atoms with Crippen molar-refractivity contribution in [2.75, 3.05) is 0 Å². The van der Waals surface area contributed by atoms with Crippen molar-refractivity contribution in [1.29, 1.82) is 0 Å². The molecule has 84 valence electrons. The molecule has 0 atom stereocenters. The highest BCUT2D eigenvalue weighted by atomic mass is 19.3. The predicted molar refractivity (Wildman–Crippen MR) is 53.4 cm³/mol. The molecule has 0 bridgehead atoms.